The van der Waals surface area contributed by atoms with Gasteiger partial charge in [-0.2, -0.15) is 0 Å². The molecule has 1 nitrogen and oxygen atoms in total. The van der Waals surface area contributed by atoms with Crippen LogP contribution in [0.25, 0.3) is 0 Å². The van der Waals surface area contributed by atoms with Gasteiger partial charge in [-0.25, -0.2) is 0 Å². The van der Waals surface area contributed by atoms with Crippen LogP contribution in [0.5, 0.6) is 0 Å². The first kappa shape index (κ1) is 15.3. The fourth-order valence-corrected chi connectivity index (χ4v) is 6.42. The van der Waals surface area contributed by atoms with Gasteiger partial charge in [0.05, 0.1) is 0 Å². The van der Waals surface area contributed by atoms with Gasteiger partial charge in [0.25, 0.3) is 0 Å². The molecule has 0 saturated heterocycles. The summed E-state index contributed by atoms with van der Waals surface area (Å²) in [6.45, 7) is 2.27. The summed E-state index contributed by atoms with van der Waals surface area (Å²) in [5, 5.41) is 0. The quantitative estimate of drug-likeness (QED) is 0.438. The molecular formula is C23H21NSe. The Hall–Kier alpha value is -2.02. The van der Waals surface area contributed by atoms with Crippen molar-refractivity contribution < 1.29 is 0 Å². The van der Waals surface area contributed by atoms with E-state index in [1.807, 2.05) is 0 Å². The second-order valence-electron chi connectivity index (χ2n) is 6.94. The molecule has 0 unspecified atom stereocenters. The van der Waals surface area contributed by atoms with E-state index in [4.69, 9.17) is 0 Å². The van der Waals surface area contributed by atoms with Crippen LogP contribution in [-0.2, 0) is 12.8 Å². The van der Waals surface area contributed by atoms with Gasteiger partial charge in [-0.15, -0.1) is 0 Å². The van der Waals surface area contributed by atoms with Crippen molar-refractivity contribution in [3.63, 3.8) is 0 Å². The molecule has 0 bridgehead atoms. The Morgan fingerprint density at radius 2 is 1.28 bits per heavy atom. The number of benzene rings is 3. The zero-order chi connectivity index (χ0) is 16.8. The summed E-state index contributed by atoms with van der Waals surface area (Å²) < 4.78 is 2.97. The summed E-state index contributed by atoms with van der Waals surface area (Å²) in [6.07, 6.45) is 5.08. The van der Waals surface area contributed by atoms with Crippen molar-refractivity contribution in [1.29, 1.82) is 0 Å². The molecule has 3 aromatic rings. The van der Waals surface area contributed by atoms with Gasteiger partial charge in [0.1, 0.15) is 0 Å². The molecule has 0 fully saturated rings. The molecule has 0 spiro atoms. The maximum atomic E-state index is 2.53. The predicted molar refractivity (Wildman–Crippen MR) is 108 cm³/mol. The molecule has 0 amide bonds. The summed E-state index contributed by atoms with van der Waals surface area (Å²) in [7, 11) is 0. The van der Waals surface area contributed by atoms with Crippen molar-refractivity contribution in [1.82, 2.24) is 0 Å². The van der Waals surface area contributed by atoms with Gasteiger partial charge >= 0.3 is 156 Å². The Kier molecular flexibility index (Phi) is 3.69. The number of hydrogen-bond acceptors (Lipinski definition) is 1. The van der Waals surface area contributed by atoms with Crippen molar-refractivity contribution in [2.45, 2.75) is 32.6 Å². The fraction of sp³-hybridized carbons (Fsp3) is 0.217. The van der Waals surface area contributed by atoms with Crippen LogP contribution in [0.4, 0.5) is 17.1 Å². The Morgan fingerprint density at radius 3 is 1.96 bits per heavy atom. The van der Waals surface area contributed by atoms with Gasteiger partial charge in [-0.3, -0.25) is 0 Å². The van der Waals surface area contributed by atoms with Crippen molar-refractivity contribution in [3.8, 4) is 0 Å². The van der Waals surface area contributed by atoms with Gasteiger partial charge in [-0.05, 0) is 0 Å². The van der Waals surface area contributed by atoms with Crippen LogP contribution in [0.3, 0.4) is 0 Å². The number of nitrogens with zero attached hydrogens (tertiary/aromatic N) is 1. The zero-order valence-electron chi connectivity index (χ0n) is 14.5. The molecule has 2 aliphatic rings. The van der Waals surface area contributed by atoms with E-state index in [2.05, 4.69) is 72.5 Å². The minimum atomic E-state index is 0.383. The zero-order valence-corrected chi connectivity index (χ0v) is 16.2. The molecule has 2 heteroatoms. The number of fused-ring (bicyclic) bond motifs is 3. The molecule has 124 valence electrons. The summed E-state index contributed by atoms with van der Waals surface area (Å²) in [4.78, 5) is 2.53. The second-order valence-corrected chi connectivity index (χ2v) is 9.21. The molecule has 0 aromatic heterocycles. The van der Waals surface area contributed by atoms with Gasteiger partial charge in [-0.1, -0.05) is 0 Å². The fourth-order valence-electron chi connectivity index (χ4n) is 4.20. The molecular weight excluding hydrogens is 369 g/mol. The van der Waals surface area contributed by atoms with Gasteiger partial charge in [0.2, 0.25) is 0 Å². The van der Waals surface area contributed by atoms with E-state index in [1.165, 1.54) is 57.2 Å². The molecule has 5 rings (SSSR count). The van der Waals surface area contributed by atoms with Crippen molar-refractivity contribution >= 4 is 40.9 Å². The molecule has 1 heterocycles. The number of para-hydroxylation sites is 2. The van der Waals surface area contributed by atoms with Crippen LogP contribution in [-0.4, -0.2) is 15.0 Å². The van der Waals surface area contributed by atoms with Crippen LogP contribution < -0.4 is 13.8 Å². The van der Waals surface area contributed by atoms with Crippen molar-refractivity contribution in [3.05, 3.63) is 77.4 Å². The van der Waals surface area contributed by atoms with E-state index in [1.54, 1.807) is 11.1 Å². The molecule has 1 aliphatic heterocycles. The van der Waals surface area contributed by atoms with Crippen molar-refractivity contribution in [2.24, 2.45) is 0 Å². The van der Waals surface area contributed by atoms with Crippen LogP contribution in [0, 0.1) is 6.92 Å². The third kappa shape index (κ3) is 2.44. The molecule has 0 radical (unpaired) electrons. The van der Waals surface area contributed by atoms with Crippen LogP contribution in [0.15, 0.2) is 60.7 Å². The Bertz CT molecular complexity index is 915. The first-order chi connectivity index (χ1) is 12.3. The van der Waals surface area contributed by atoms with E-state index < -0.39 is 0 Å². The first-order valence-electron chi connectivity index (χ1n) is 9.10. The third-order valence-electron chi connectivity index (χ3n) is 5.42. The van der Waals surface area contributed by atoms with E-state index in [0.29, 0.717) is 15.0 Å². The summed E-state index contributed by atoms with van der Waals surface area (Å²) >= 11 is 0.383. The number of anilines is 3. The van der Waals surface area contributed by atoms with Crippen LogP contribution in [0.2, 0.25) is 0 Å². The second kappa shape index (κ2) is 6.05. The average Bonchev–Trinajstić information content (AvgIpc) is 2.67. The van der Waals surface area contributed by atoms with E-state index in [-0.39, 0.29) is 0 Å². The standard InChI is InChI=1S/C23H21NSe/c1-16-14-15-19(18-9-3-2-8-17(16)18)24-20-10-4-6-12-22(20)25-23-13-7-5-11-21(23)24/h4-7,10-15H,2-3,8-9H2,1H3. The van der Waals surface area contributed by atoms with E-state index in [9.17, 15) is 0 Å². The van der Waals surface area contributed by atoms with E-state index >= 15 is 0 Å². The predicted octanol–water partition coefficient (Wildman–Crippen LogP) is 4.31. The SMILES string of the molecule is Cc1ccc(N2c3ccccc3[Se]c3ccccc32)c2c1CCCC2. The van der Waals surface area contributed by atoms with Crippen LogP contribution in [0.1, 0.15) is 29.5 Å². The monoisotopic (exact) mass is 391 g/mol. The normalized spacial score (nSPS) is 15.3. The summed E-state index contributed by atoms with van der Waals surface area (Å²) in [5.74, 6) is 0. The van der Waals surface area contributed by atoms with Crippen LogP contribution >= 0.6 is 0 Å². The number of rotatable bonds is 1. The molecule has 25 heavy (non-hydrogen) atoms. The molecule has 0 atom stereocenters. The number of hydrogen-bond donors (Lipinski definition) is 0. The first-order valence-corrected chi connectivity index (χ1v) is 10.8. The Morgan fingerprint density at radius 1 is 0.680 bits per heavy atom. The molecule has 0 N–H and O–H groups in total. The topological polar surface area (TPSA) is 3.24 Å². The Balaban J connectivity index is 1.78. The molecule has 3 aromatic carbocycles. The van der Waals surface area contributed by atoms with E-state index in [0.717, 1.165) is 0 Å². The van der Waals surface area contributed by atoms with Gasteiger partial charge in [0.15, 0.2) is 0 Å². The van der Waals surface area contributed by atoms with Gasteiger partial charge < -0.3 is 0 Å². The van der Waals surface area contributed by atoms with Gasteiger partial charge in [0, 0.05) is 0 Å². The maximum absolute atomic E-state index is 2.53. The molecule has 1 aliphatic carbocycles. The summed E-state index contributed by atoms with van der Waals surface area (Å²) in [5.41, 5.74) is 8.77. The Labute approximate surface area is 155 Å². The number of aryl methyl sites for hydroxylation is 1. The molecule has 0 saturated carbocycles. The minimum absolute atomic E-state index is 0.383. The van der Waals surface area contributed by atoms with Crippen molar-refractivity contribution in [2.75, 3.05) is 4.90 Å². The summed E-state index contributed by atoms with van der Waals surface area (Å²) in [6, 6.07) is 22.6. The average molecular weight is 390 g/mol. The third-order valence-corrected chi connectivity index (χ3v) is 7.79.